The van der Waals surface area contributed by atoms with E-state index >= 15 is 0 Å². The lowest BCUT2D eigenvalue weighted by Gasteiger charge is -2.23. The van der Waals surface area contributed by atoms with Gasteiger partial charge in [-0.1, -0.05) is 27.2 Å². The Morgan fingerprint density at radius 3 is 2.54 bits per heavy atom. The molecule has 1 aliphatic heterocycles. The molecule has 1 aromatic heterocycles. The van der Waals surface area contributed by atoms with Crippen molar-refractivity contribution in [2.75, 3.05) is 5.43 Å². The van der Waals surface area contributed by atoms with Crippen LogP contribution in [0.15, 0.2) is 56.5 Å². The highest BCUT2D eigenvalue weighted by Crippen LogP contribution is 2.38. The summed E-state index contributed by atoms with van der Waals surface area (Å²) in [6.07, 6.45) is -5.10. The maximum atomic E-state index is 13.2. The minimum Gasteiger partial charge on any atom is -0.343 e. The van der Waals surface area contributed by atoms with Gasteiger partial charge in [0, 0.05) is 4.47 Å². The van der Waals surface area contributed by atoms with Crippen molar-refractivity contribution >= 4 is 44.4 Å². The molecule has 0 saturated heterocycles. The van der Waals surface area contributed by atoms with Crippen LogP contribution in [0.3, 0.4) is 0 Å². The molecule has 24 heavy (non-hydrogen) atoms. The molecule has 1 unspecified atom stereocenters. The molecule has 126 valence electrons. The van der Waals surface area contributed by atoms with E-state index in [-0.39, 0.29) is 5.71 Å². The Balaban J connectivity index is 1.98. The third-order valence-electron chi connectivity index (χ3n) is 3.09. The van der Waals surface area contributed by atoms with Gasteiger partial charge in [-0.05, 0) is 35.7 Å². The second kappa shape index (κ2) is 6.19. The Bertz CT molecular complexity index is 791. The number of nitrogens with one attached hydrogen (secondary N) is 1. The molecule has 0 bridgehead atoms. The number of halogens is 4. The summed E-state index contributed by atoms with van der Waals surface area (Å²) < 4.78 is 40.5. The largest absolute Gasteiger partial charge is 0.464 e. The molecule has 1 atom stereocenters. The van der Waals surface area contributed by atoms with E-state index < -0.39 is 17.7 Å². The number of oxime groups is 1. The van der Waals surface area contributed by atoms with Gasteiger partial charge in [-0.2, -0.15) is 18.3 Å². The molecule has 3 rings (SSSR count). The van der Waals surface area contributed by atoms with Crippen LogP contribution >= 0.6 is 27.3 Å². The molecule has 0 spiro atoms. The third-order valence-corrected chi connectivity index (χ3v) is 4.50. The fourth-order valence-corrected chi connectivity index (χ4v) is 2.86. The maximum absolute atomic E-state index is 13.2. The molecule has 0 aliphatic carbocycles. The molecular weight excluding hydrogens is 411 g/mol. The van der Waals surface area contributed by atoms with Gasteiger partial charge in [0.05, 0.1) is 10.6 Å². The number of alkyl halides is 3. The topological polar surface area (TPSA) is 66.2 Å². The molecule has 2 heterocycles. The Labute approximate surface area is 146 Å². The second-order valence-corrected chi connectivity index (χ2v) is 6.59. The van der Waals surface area contributed by atoms with Crippen molar-refractivity contribution in [3.63, 3.8) is 0 Å². The average molecular weight is 420 g/mol. The summed E-state index contributed by atoms with van der Waals surface area (Å²) in [5.41, 5.74) is 2.00. The molecule has 10 heteroatoms. The van der Waals surface area contributed by atoms with E-state index in [9.17, 15) is 18.3 Å². The molecule has 1 aromatic carbocycles. The highest BCUT2D eigenvalue weighted by Gasteiger charge is 2.65. The molecule has 0 amide bonds. The Morgan fingerprint density at radius 1 is 1.25 bits per heavy atom. The average Bonchev–Trinajstić information content (AvgIpc) is 3.14. The van der Waals surface area contributed by atoms with Crippen molar-refractivity contribution in [3.05, 3.63) is 51.1 Å². The van der Waals surface area contributed by atoms with E-state index in [0.717, 1.165) is 15.8 Å². The van der Waals surface area contributed by atoms with Gasteiger partial charge in [0.1, 0.15) is 0 Å². The van der Waals surface area contributed by atoms with Crippen LogP contribution in [-0.4, -0.2) is 28.5 Å². The van der Waals surface area contributed by atoms with E-state index in [1.54, 1.807) is 41.8 Å². The molecule has 0 saturated carbocycles. The predicted octanol–water partition coefficient (Wildman–Crippen LogP) is 3.96. The van der Waals surface area contributed by atoms with Gasteiger partial charge in [0.25, 0.3) is 0 Å². The summed E-state index contributed by atoms with van der Waals surface area (Å²) in [7, 11) is 0. The first-order valence-electron chi connectivity index (χ1n) is 6.50. The summed E-state index contributed by atoms with van der Waals surface area (Å²) in [5, 5.41) is 18.7. The number of aliphatic hydroxyl groups is 1. The van der Waals surface area contributed by atoms with Crippen LogP contribution in [0.25, 0.3) is 0 Å². The van der Waals surface area contributed by atoms with Crippen molar-refractivity contribution in [2.24, 2.45) is 10.3 Å². The molecule has 2 aromatic rings. The van der Waals surface area contributed by atoms with Gasteiger partial charge in [-0.15, -0.1) is 11.3 Å². The van der Waals surface area contributed by atoms with Crippen molar-refractivity contribution < 1.29 is 23.1 Å². The maximum Gasteiger partial charge on any atom is 0.464 e. The molecule has 1 aliphatic rings. The minimum absolute atomic E-state index is 0.172. The smallest absolute Gasteiger partial charge is 0.343 e. The van der Waals surface area contributed by atoms with Crippen molar-refractivity contribution in [3.8, 4) is 0 Å². The van der Waals surface area contributed by atoms with Gasteiger partial charge in [-0.3, -0.25) is 5.43 Å². The van der Waals surface area contributed by atoms with Crippen LogP contribution in [0.4, 0.5) is 18.9 Å². The van der Waals surface area contributed by atoms with Crippen molar-refractivity contribution in [1.29, 1.82) is 0 Å². The molecule has 0 radical (unpaired) electrons. The number of hydrazone groups is 1. The first-order valence-corrected chi connectivity index (χ1v) is 8.18. The molecule has 2 N–H and O–H groups in total. The van der Waals surface area contributed by atoms with Crippen LogP contribution in [0, 0.1) is 0 Å². The number of benzene rings is 1. The number of rotatable bonds is 3. The number of hydrogen-bond acceptors (Lipinski definition) is 6. The zero-order valence-corrected chi connectivity index (χ0v) is 14.1. The van der Waals surface area contributed by atoms with Crippen LogP contribution in [0.5, 0.6) is 0 Å². The van der Waals surface area contributed by atoms with E-state index in [0.29, 0.717) is 10.6 Å². The number of anilines is 1. The normalized spacial score (nSPS) is 22.4. The van der Waals surface area contributed by atoms with Gasteiger partial charge in [-0.25, -0.2) is 0 Å². The van der Waals surface area contributed by atoms with Crippen LogP contribution in [0.2, 0.25) is 0 Å². The van der Waals surface area contributed by atoms with E-state index in [4.69, 9.17) is 0 Å². The Kier molecular flexibility index (Phi) is 4.37. The third kappa shape index (κ3) is 3.04. The lowest BCUT2D eigenvalue weighted by molar-refractivity contribution is -0.325. The Morgan fingerprint density at radius 2 is 1.96 bits per heavy atom. The van der Waals surface area contributed by atoms with Crippen molar-refractivity contribution in [1.82, 2.24) is 0 Å². The van der Waals surface area contributed by atoms with Gasteiger partial charge >= 0.3 is 12.0 Å². The highest BCUT2D eigenvalue weighted by molar-refractivity contribution is 9.10. The zero-order valence-electron chi connectivity index (χ0n) is 11.7. The van der Waals surface area contributed by atoms with Crippen LogP contribution in [-0.2, 0) is 4.84 Å². The first-order chi connectivity index (χ1) is 11.3. The highest BCUT2D eigenvalue weighted by atomic mass is 79.9. The Hall–Kier alpha value is -1.91. The lowest BCUT2D eigenvalue weighted by Crippen LogP contribution is -2.52. The predicted molar refractivity (Wildman–Crippen MR) is 88.1 cm³/mol. The molecule has 5 nitrogen and oxygen atoms in total. The summed E-state index contributed by atoms with van der Waals surface area (Å²) in [6, 6.07) is 9.81. The minimum atomic E-state index is -5.10. The van der Waals surface area contributed by atoms with E-state index in [1.165, 1.54) is 0 Å². The molecule has 0 fully saturated rings. The fraction of sp³-hybridized carbons (Fsp3) is 0.143. The monoisotopic (exact) mass is 419 g/mol. The number of thiophene rings is 1. The van der Waals surface area contributed by atoms with Gasteiger partial charge in [0.15, 0.2) is 11.4 Å². The SMILES string of the molecule is OC1(C(F)(F)F)ON=C(c2cccs2)/C1=N/Nc1ccc(Br)cc1. The first kappa shape index (κ1) is 16.9. The number of nitrogens with zero attached hydrogens (tertiary/aromatic N) is 2. The number of hydrogen-bond donors (Lipinski definition) is 2. The summed E-state index contributed by atoms with van der Waals surface area (Å²) in [6.45, 7) is 0. The summed E-state index contributed by atoms with van der Waals surface area (Å²) in [4.78, 5) is 4.70. The van der Waals surface area contributed by atoms with E-state index in [2.05, 4.69) is 36.5 Å². The standard InChI is InChI=1S/C14H9BrF3N3O2S/c15-8-3-5-9(6-4-8)19-20-12-11(10-2-1-7-24-10)21-23-13(12,22)14(16,17)18/h1-7,19,22H/b20-12-. The second-order valence-electron chi connectivity index (χ2n) is 4.73. The van der Waals surface area contributed by atoms with Crippen LogP contribution < -0.4 is 5.43 Å². The van der Waals surface area contributed by atoms with Crippen molar-refractivity contribution in [2.45, 2.75) is 12.0 Å². The van der Waals surface area contributed by atoms with Gasteiger partial charge < -0.3 is 9.94 Å². The quantitative estimate of drug-likeness (QED) is 0.739. The van der Waals surface area contributed by atoms with Crippen LogP contribution in [0.1, 0.15) is 4.88 Å². The molecular formula is C14H9BrF3N3O2S. The fourth-order valence-electron chi connectivity index (χ4n) is 1.89. The lowest BCUT2D eigenvalue weighted by atomic mass is 10.1. The van der Waals surface area contributed by atoms with Gasteiger partial charge in [0.2, 0.25) is 0 Å². The summed E-state index contributed by atoms with van der Waals surface area (Å²) >= 11 is 4.41. The van der Waals surface area contributed by atoms with E-state index in [1.807, 2.05) is 0 Å². The summed E-state index contributed by atoms with van der Waals surface area (Å²) in [5.74, 6) is -3.60. The zero-order chi connectivity index (χ0) is 17.4.